The first kappa shape index (κ1) is 18.1. The van der Waals surface area contributed by atoms with E-state index in [9.17, 15) is 22.8 Å². The van der Waals surface area contributed by atoms with Gasteiger partial charge in [-0.25, -0.2) is 0 Å². The van der Waals surface area contributed by atoms with Crippen molar-refractivity contribution in [2.45, 2.75) is 6.18 Å². The lowest BCUT2D eigenvalue weighted by atomic mass is 10.2. The number of halogens is 5. The number of carbonyl (C=O) groups is 2. The second-order valence-corrected chi connectivity index (χ2v) is 5.37. The maximum absolute atomic E-state index is 12.6. The van der Waals surface area contributed by atoms with Crippen LogP contribution in [0.2, 0.25) is 10.0 Å². The van der Waals surface area contributed by atoms with Crippen LogP contribution >= 0.6 is 23.2 Å². The van der Waals surface area contributed by atoms with Crippen molar-refractivity contribution in [2.24, 2.45) is 0 Å². The van der Waals surface area contributed by atoms with E-state index in [1.165, 1.54) is 24.3 Å². The SMILES string of the molecule is O=C(Nc1cccc(C(F)(F)F)c1)C(=O)Nc1cccc(Cl)c1Cl. The normalized spacial score (nSPS) is 11.0. The molecule has 126 valence electrons. The van der Waals surface area contributed by atoms with Crippen molar-refractivity contribution >= 4 is 46.4 Å². The summed E-state index contributed by atoms with van der Waals surface area (Å²) in [4.78, 5) is 23.6. The van der Waals surface area contributed by atoms with E-state index >= 15 is 0 Å². The first-order valence-electron chi connectivity index (χ1n) is 6.42. The molecular formula is C15H9Cl2F3N2O2. The number of anilines is 2. The third kappa shape index (κ3) is 4.39. The molecule has 0 saturated heterocycles. The van der Waals surface area contributed by atoms with Gasteiger partial charge in [0.25, 0.3) is 0 Å². The second kappa shape index (κ2) is 7.11. The summed E-state index contributed by atoms with van der Waals surface area (Å²) in [6.45, 7) is 0. The summed E-state index contributed by atoms with van der Waals surface area (Å²) in [6.07, 6.45) is -4.56. The van der Waals surface area contributed by atoms with Gasteiger partial charge < -0.3 is 10.6 Å². The monoisotopic (exact) mass is 376 g/mol. The highest BCUT2D eigenvalue weighted by Crippen LogP contribution is 2.31. The molecule has 9 heteroatoms. The molecule has 2 rings (SSSR count). The molecule has 0 unspecified atom stereocenters. The molecule has 0 spiro atoms. The molecule has 0 aliphatic heterocycles. The van der Waals surface area contributed by atoms with Crippen LogP contribution in [-0.2, 0) is 15.8 Å². The van der Waals surface area contributed by atoms with Crippen LogP contribution in [0.15, 0.2) is 42.5 Å². The van der Waals surface area contributed by atoms with Crippen LogP contribution in [0.4, 0.5) is 24.5 Å². The predicted octanol–water partition coefficient (Wildman–Crippen LogP) is 4.59. The van der Waals surface area contributed by atoms with E-state index in [0.29, 0.717) is 0 Å². The van der Waals surface area contributed by atoms with Crippen molar-refractivity contribution in [2.75, 3.05) is 10.6 Å². The van der Waals surface area contributed by atoms with Gasteiger partial charge in [-0.1, -0.05) is 35.3 Å². The van der Waals surface area contributed by atoms with Crippen molar-refractivity contribution in [3.05, 3.63) is 58.1 Å². The van der Waals surface area contributed by atoms with Crippen LogP contribution in [0.1, 0.15) is 5.56 Å². The largest absolute Gasteiger partial charge is 0.416 e. The average molecular weight is 377 g/mol. The van der Waals surface area contributed by atoms with Gasteiger partial charge in [0.05, 0.1) is 21.3 Å². The zero-order valence-corrected chi connectivity index (χ0v) is 13.3. The molecular weight excluding hydrogens is 368 g/mol. The molecule has 0 atom stereocenters. The van der Waals surface area contributed by atoms with Crippen LogP contribution < -0.4 is 10.6 Å². The lowest BCUT2D eigenvalue weighted by Gasteiger charge is -2.10. The third-order valence-corrected chi connectivity index (χ3v) is 3.67. The molecule has 0 aliphatic rings. The fraction of sp³-hybridized carbons (Fsp3) is 0.0667. The van der Waals surface area contributed by atoms with Gasteiger partial charge in [0.15, 0.2) is 0 Å². The molecule has 0 fully saturated rings. The van der Waals surface area contributed by atoms with Gasteiger partial charge in [-0.2, -0.15) is 13.2 Å². The minimum Gasteiger partial charge on any atom is -0.318 e. The lowest BCUT2D eigenvalue weighted by molar-refractivity contribution is -0.137. The molecule has 2 amide bonds. The van der Waals surface area contributed by atoms with Crippen LogP contribution in [0.25, 0.3) is 0 Å². The summed E-state index contributed by atoms with van der Waals surface area (Å²) in [7, 11) is 0. The summed E-state index contributed by atoms with van der Waals surface area (Å²) in [5.41, 5.74) is -1.01. The molecule has 2 aromatic rings. The number of rotatable bonds is 2. The Kier molecular flexibility index (Phi) is 5.36. The van der Waals surface area contributed by atoms with E-state index in [0.717, 1.165) is 18.2 Å². The second-order valence-electron chi connectivity index (χ2n) is 4.59. The predicted molar refractivity (Wildman–Crippen MR) is 85.2 cm³/mol. The molecule has 4 nitrogen and oxygen atoms in total. The number of hydrogen-bond donors (Lipinski definition) is 2. The molecule has 2 aromatic carbocycles. The summed E-state index contributed by atoms with van der Waals surface area (Å²) in [5.74, 6) is -2.25. The van der Waals surface area contributed by atoms with Gasteiger partial charge in [-0.15, -0.1) is 0 Å². The fourth-order valence-electron chi connectivity index (χ4n) is 1.74. The zero-order chi connectivity index (χ0) is 17.9. The number of benzene rings is 2. The van der Waals surface area contributed by atoms with Crippen molar-refractivity contribution in [1.82, 2.24) is 0 Å². The van der Waals surface area contributed by atoms with Crippen LogP contribution in [-0.4, -0.2) is 11.8 Å². The van der Waals surface area contributed by atoms with Crippen LogP contribution in [0.3, 0.4) is 0 Å². The standard InChI is InChI=1S/C15H9Cl2F3N2O2/c16-10-5-2-6-11(12(10)17)22-14(24)13(23)21-9-4-1-3-8(7-9)15(18,19)20/h1-7H,(H,21,23)(H,22,24). The quantitative estimate of drug-likeness (QED) is 0.753. The van der Waals surface area contributed by atoms with Crippen LogP contribution in [0, 0.1) is 0 Å². The molecule has 0 saturated carbocycles. The summed E-state index contributed by atoms with van der Waals surface area (Å²) in [6, 6.07) is 8.33. The molecule has 0 aromatic heterocycles. The van der Waals surface area contributed by atoms with E-state index in [2.05, 4.69) is 10.6 Å². The average Bonchev–Trinajstić information content (AvgIpc) is 2.51. The highest BCUT2D eigenvalue weighted by atomic mass is 35.5. The number of hydrogen-bond acceptors (Lipinski definition) is 2. The van der Waals surface area contributed by atoms with Gasteiger partial charge in [0.1, 0.15) is 0 Å². The van der Waals surface area contributed by atoms with E-state index in [1.807, 2.05) is 0 Å². The van der Waals surface area contributed by atoms with Gasteiger partial charge >= 0.3 is 18.0 Å². The molecule has 0 heterocycles. The summed E-state index contributed by atoms with van der Waals surface area (Å²) in [5, 5.41) is 4.52. The smallest absolute Gasteiger partial charge is 0.318 e. The van der Waals surface area contributed by atoms with E-state index in [-0.39, 0.29) is 21.4 Å². The molecule has 24 heavy (non-hydrogen) atoms. The molecule has 2 N–H and O–H groups in total. The fourth-order valence-corrected chi connectivity index (χ4v) is 2.09. The number of carbonyl (C=O) groups excluding carboxylic acids is 2. The Morgan fingerprint density at radius 3 is 2.21 bits per heavy atom. The summed E-state index contributed by atoms with van der Waals surface area (Å²) >= 11 is 11.6. The van der Waals surface area contributed by atoms with E-state index in [4.69, 9.17) is 23.2 Å². The summed E-state index contributed by atoms with van der Waals surface area (Å²) < 4.78 is 37.8. The van der Waals surface area contributed by atoms with Gasteiger partial charge in [-0.3, -0.25) is 9.59 Å². The highest BCUT2D eigenvalue weighted by Gasteiger charge is 2.30. The Morgan fingerprint density at radius 2 is 1.54 bits per heavy atom. The van der Waals surface area contributed by atoms with Crippen molar-refractivity contribution in [1.29, 1.82) is 0 Å². The Balaban J connectivity index is 2.10. The Labute approximate surface area is 144 Å². The minimum atomic E-state index is -4.56. The van der Waals surface area contributed by atoms with Gasteiger partial charge in [0.2, 0.25) is 0 Å². The van der Waals surface area contributed by atoms with Gasteiger partial charge in [-0.05, 0) is 30.3 Å². The molecule has 0 bridgehead atoms. The first-order valence-corrected chi connectivity index (χ1v) is 7.17. The topological polar surface area (TPSA) is 58.2 Å². The minimum absolute atomic E-state index is 0.0411. The van der Waals surface area contributed by atoms with Crippen molar-refractivity contribution in [3.63, 3.8) is 0 Å². The third-order valence-electron chi connectivity index (χ3n) is 2.85. The number of alkyl halides is 3. The highest BCUT2D eigenvalue weighted by molar-refractivity contribution is 6.47. The number of nitrogens with one attached hydrogen (secondary N) is 2. The van der Waals surface area contributed by atoms with E-state index in [1.54, 1.807) is 0 Å². The van der Waals surface area contributed by atoms with Crippen molar-refractivity contribution < 1.29 is 22.8 Å². The van der Waals surface area contributed by atoms with Crippen LogP contribution in [0.5, 0.6) is 0 Å². The Hall–Kier alpha value is -2.25. The molecule has 0 radical (unpaired) electrons. The Morgan fingerprint density at radius 1 is 0.917 bits per heavy atom. The molecule has 0 aliphatic carbocycles. The number of amides is 2. The van der Waals surface area contributed by atoms with Crippen molar-refractivity contribution in [3.8, 4) is 0 Å². The zero-order valence-electron chi connectivity index (χ0n) is 11.7. The maximum Gasteiger partial charge on any atom is 0.416 e. The first-order chi connectivity index (χ1) is 11.2. The van der Waals surface area contributed by atoms with Gasteiger partial charge in [0, 0.05) is 5.69 Å². The lowest BCUT2D eigenvalue weighted by Crippen LogP contribution is -2.29. The van der Waals surface area contributed by atoms with E-state index < -0.39 is 23.6 Å². The maximum atomic E-state index is 12.6. The Bertz CT molecular complexity index is 795.